The maximum absolute atomic E-state index is 14.1. The van der Waals surface area contributed by atoms with Gasteiger partial charge in [0.15, 0.2) is 11.4 Å². The first-order chi connectivity index (χ1) is 19.2. The SMILES string of the molecule is CN(C)c1cc(-c2ccc(C#N)nc2)c(O)c2c1C[C@H]1C[C@H]3[C@H](N(C)C)C(=O)C(C(N)=O)=C(O)[C@@]3(O)C(=O)C1=C2O. The van der Waals surface area contributed by atoms with Gasteiger partial charge in [-0.25, -0.2) is 4.98 Å². The van der Waals surface area contributed by atoms with Gasteiger partial charge in [-0.2, -0.15) is 5.26 Å². The van der Waals surface area contributed by atoms with E-state index < -0.39 is 58.0 Å². The molecule has 12 heteroatoms. The molecule has 0 saturated heterocycles. The number of hydrogen-bond donors (Lipinski definition) is 5. The number of aromatic hydroxyl groups is 1. The number of Topliss-reactive ketones (excluding diaryl/α,β-unsaturated/α-hetero) is 2. The Balaban J connectivity index is 1.76. The van der Waals surface area contributed by atoms with Crippen LogP contribution in [0.1, 0.15) is 23.2 Å². The normalized spacial score (nSPS) is 25.4. The molecule has 1 aromatic heterocycles. The molecular formula is C29H29N5O7. The Bertz CT molecular complexity index is 1630. The second-order valence-electron chi connectivity index (χ2n) is 11.0. The molecule has 6 N–H and O–H groups in total. The standard InChI is InChI=1S/C29H29N5O7/c1-33(2)18-9-15(12-5-6-14(10-30)32-11-12)23(35)20-16(18)7-13-8-17-22(34(3)4)25(37)21(28(31)40)27(39)29(17,41)26(38)19(13)24(20)36/h5-6,9,11,13,17,22,35-36,39,41H,7-8H2,1-4H3,(H2,31,40)/t13-,17-,22-,29-/m0/s1. The Morgan fingerprint density at radius 1 is 1.17 bits per heavy atom. The number of nitrogens with two attached hydrogens (primary N) is 1. The molecule has 3 aliphatic carbocycles. The number of anilines is 1. The van der Waals surface area contributed by atoms with Crippen molar-refractivity contribution in [1.82, 2.24) is 9.88 Å². The molecule has 4 atom stereocenters. The Hall–Kier alpha value is -4.73. The van der Waals surface area contributed by atoms with Crippen molar-refractivity contribution < 1.29 is 34.8 Å². The summed E-state index contributed by atoms with van der Waals surface area (Å²) in [4.78, 5) is 46.8. The van der Waals surface area contributed by atoms with Gasteiger partial charge in [-0.3, -0.25) is 19.3 Å². The Kier molecular flexibility index (Phi) is 6.40. The van der Waals surface area contributed by atoms with Crippen LogP contribution in [0.5, 0.6) is 5.75 Å². The number of amides is 1. The first-order valence-corrected chi connectivity index (χ1v) is 12.8. The molecule has 2 aromatic rings. The molecule has 0 aliphatic heterocycles. The third kappa shape index (κ3) is 3.81. The maximum Gasteiger partial charge on any atom is 0.255 e. The second kappa shape index (κ2) is 9.43. The zero-order chi connectivity index (χ0) is 30.1. The van der Waals surface area contributed by atoms with E-state index in [4.69, 9.17) is 11.0 Å². The molecule has 1 amide bonds. The van der Waals surface area contributed by atoms with Crippen molar-refractivity contribution in [3.63, 3.8) is 0 Å². The molecule has 1 aromatic carbocycles. The van der Waals surface area contributed by atoms with Crippen LogP contribution in [0.2, 0.25) is 0 Å². The number of hydrogen-bond acceptors (Lipinski definition) is 11. The van der Waals surface area contributed by atoms with Gasteiger partial charge in [-0.05, 0) is 56.6 Å². The largest absolute Gasteiger partial charge is 0.508 e. The number of nitriles is 1. The van der Waals surface area contributed by atoms with Gasteiger partial charge in [-0.1, -0.05) is 0 Å². The Morgan fingerprint density at radius 2 is 1.85 bits per heavy atom. The highest BCUT2D eigenvalue weighted by Gasteiger charge is 2.64. The number of phenolic OH excluding ortho intramolecular Hbond substituents is 1. The number of aliphatic hydroxyl groups is 3. The minimum Gasteiger partial charge on any atom is -0.508 e. The van der Waals surface area contributed by atoms with Gasteiger partial charge in [0.05, 0.1) is 11.6 Å². The number of aliphatic hydroxyl groups excluding tert-OH is 2. The molecule has 0 unspecified atom stereocenters. The van der Waals surface area contributed by atoms with E-state index in [1.54, 1.807) is 45.2 Å². The summed E-state index contributed by atoms with van der Waals surface area (Å²) >= 11 is 0. The van der Waals surface area contributed by atoms with E-state index in [0.717, 1.165) is 0 Å². The summed E-state index contributed by atoms with van der Waals surface area (Å²) in [5.74, 6) is -7.06. The number of likely N-dealkylation sites (N-methyl/N-ethyl adjacent to an activating group) is 1. The highest BCUT2D eigenvalue weighted by Crippen LogP contribution is 2.54. The molecule has 1 saturated carbocycles. The fourth-order valence-corrected chi connectivity index (χ4v) is 6.53. The van der Waals surface area contributed by atoms with Crippen LogP contribution in [0.4, 0.5) is 5.69 Å². The van der Waals surface area contributed by atoms with Crippen LogP contribution in [0.25, 0.3) is 16.9 Å². The minimum absolute atomic E-state index is 0.000680. The first-order valence-electron chi connectivity index (χ1n) is 12.8. The van der Waals surface area contributed by atoms with Gasteiger partial charge in [0.2, 0.25) is 5.78 Å². The second-order valence-corrected chi connectivity index (χ2v) is 11.0. The van der Waals surface area contributed by atoms with Gasteiger partial charge < -0.3 is 31.1 Å². The average Bonchev–Trinajstić information content (AvgIpc) is 2.90. The van der Waals surface area contributed by atoms with E-state index in [9.17, 15) is 34.8 Å². The van der Waals surface area contributed by atoms with Crippen LogP contribution in [0.3, 0.4) is 0 Å². The van der Waals surface area contributed by atoms with E-state index in [1.807, 2.05) is 6.07 Å². The van der Waals surface area contributed by atoms with Gasteiger partial charge in [0, 0.05) is 48.6 Å². The monoisotopic (exact) mass is 559 g/mol. The predicted molar refractivity (Wildman–Crippen MR) is 147 cm³/mol. The van der Waals surface area contributed by atoms with Crippen molar-refractivity contribution in [1.29, 1.82) is 5.26 Å². The molecule has 12 nitrogen and oxygen atoms in total. The number of pyridine rings is 1. The summed E-state index contributed by atoms with van der Waals surface area (Å²) in [7, 11) is 6.67. The number of phenols is 1. The topological polar surface area (TPSA) is 201 Å². The van der Waals surface area contributed by atoms with Crippen molar-refractivity contribution in [2.45, 2.75) is 24.5 Å². The summed E-state index contributed by atoms with van der Waals surface area (Å²) in [5, 5.41) is 54.9. The summed E-state index contributed by atoms with van der Waals surface area (Å²) < 4.78 is 0. The van der Waals surface area contributed by atoms with Crippen molar-refractivity contribution in [2.75, 3.05) is 33.1 Å². The number of nitrogens with zero attached hydrogens (tertiary/aromatic N) is 4. The molecule has 212 valence electrons. The van der Waals surface area contributed by atoms with E-state index in [1.165, 1.54) is 17.2 Å². The average molecular weight is 560 g/mol. The molecule has 3 aliphatic rings. The molecular weight excluding hydrogens is 530 g/mol. The van der Waals surface area contributed by atoms with Gasteiger partial charge in [0.1, 0.15) is 34.6 Å². The molecule has 5 rings (SSSR count). The van der Waals surface area contributed by atoms with Crippen LogP contribution in [0, 0.1) is 23.2 Å². The van der Waals surface area contributed by atoms with E-state index >= 15 is 0 Å². The molecule has 0 spiro atoms. The summed E-state index contributed by atoms with van der Waals surface area (Å²) in [6, 6.07) is 5.57. The van der Waals surface area contributed by atoms with E-state index in [2.05, 4.69) is 4.98 Å². The Morgan fingerprint density at radius 3 is 2.39 bits per heavy atom. The number of primary amides is 1. The van der Waals surface area contributed by atoms with Crippen molar-refractivity contribution in [3.8, 4) is 22.9 Å². The highest BCUT2D eigenvalue weighted by atomic mass is 16.3. The summed E-state index contributed by atoms with van der Waals surface area (Å²) in [5.41, 5.74) is 3.64. The molecule has 41 heavy (non-hydrogen) atoms. The van der Waals surface area contributed by atoms with Crippen LogP contribution >= 0.6 is 0 Å². The number of fused-ring (bicyclic) bond motifs is 3. The van der Waals surface area contributed by atoms with Crippen LogP contribution in [-0.4, -0.2) is 87.6 Å². The zero-order valence-corrected chi connectivity index (χ0v) is 22.8. The number of carbonyl (C=O) groups excluding carboxylic acids is 3. The fourth-order valence-electron chi connectivity index (χ4n) is 6.53. The number of rotatable bonds is 4. The quantitative estimate of drug-likeness (QED) is 0.334. The molecule has 1 heterocycles. The molecule has 0 radical (unpaired) electrons. The summed E-state index contributed by atoms with van der Waals surface area (Å²) in [6.45, 7) is 0. The Labute approximate surface area is 235 Å². The van der Waals surface area contributed by atoms with Crippen molar-refractivity contribution in [3.05, 3.63) is 58.1 Å². The van der Waals surface area contributed by atoms with Crippen LogP contribution < -0.4 is 10.6 Å². The number of carbonyl (C=O) groups is 3. The van der Waals surface area contributed by atoms with Gasteiger partial charge in [0.25, 0.3) is 5.91 Å². The molecule has 1 fully saturated rings. The summed E-state index contributed by atoms with van der Waals surface area (Å²) in [6.07, 6.45) is 1.57. The van der Waals surface area contributed by atoms with Crippen LogP contribution in [0.15, 0.2) is 41.3 Å². The minimum atomic E-state index is -2.71. The van der Waals surface area contributed by atoms with Gasteiger partial charge in [-0.15, -0.1) is 0 Å². The first kappa shape index (κ1) is 27.8. The van der Waals surface area contributed by atoms with Crippen molar-refractivity contribution in [2.24, 2.45) is 17.6 Å². The zero-order valence-electron chi connectivity index (χ0n) is 22.8. The van der Waals surface area contributed by atoms with Gasteiger partial charge >= 0.3 is 0 Å². The number of benzene rings is 1. The smallest absolute Gasteiger partial charge is 0.255 e. The van der Waals surface area contributed by atoms with E-state index in [-0.39, 0.29) is 41.0 Å². The lowest BCUT2D eigenvalue weighted by Crippen LogP contribution is -2.65. The lowest BCUT2D eigenvalue weighted by Gasteiger charge is -2.50. The number of aromatic nitrogens is 1. The van der Waals surface area contributed by atoms with E-state index in [0.29, 0.717) is 16.8 Å². The third-order valence-corrected chi connectivity index (χ3v) is 8.37. The lowest BCUT2D eigenvalue weighted by molar-refractivity contribution is -0.153. The fraction of sp³-hybridized carbons (Fsp3) is 0.345. The highest BCUT2D eigenvalue weighted by molar-refractivity contribution is 6.24. The van der Waals surface area contributed by atoms with Crippen LogP contribution in [-0.2, 0) is 20.8 Å². The lowest BCUT2D eigenvalue weighted by atomic mass is 9.57. The molecule has 0 bridgehead atoms. The maximum atomic E-state index is 14.1. The third-order valence-electron chi connectivity index (χ3n) is 8.37. The number of ketones is 2. The predicted octanol–water partition coefficient (Wildman–Crippen LogP) is 0.964. The van der Waals surface area contributed by atoms with Crippen molar-refractivity contribution >= 4 is 28.9 Å².